The Balaban J connectivity index is 2.55. The molecule has 0 saturated carbocycles. The molecule has 1 atom stereocenters. The fourth-order valence-electron chi connectivity index (χ4n) is 1.88. The van der Waals surface area contributed by atoms with Crippen molar-refractivity contribution in [2.24, 2.45) is 0 Å². The topological polar surface area (TPSA) is 68.5 Å². The van der Waals surface area contributed by atoms with E-state index in [9.17, 15) is 9.59 Å². The summed E-state index contributed by atoms with van der Waals surface area (Å²) in [7, 11) is 0. The number of aromatic nitrogens is 1. The SMILES string of the molecule is CCn1ccc2c(OC(C)C(=O)O)cccc2c1=O. The zero-order valence-electron chi connectivity index (χ0n) is 10.8. The summed E-state index contributed by atoms with van der Waals surface area (Å²) in [6.07, 6.45) is 0.724. The molecule has 1 unspecified atom stereocenters. The van der Waals surface area contributed by atoms with E-state index in [1.165, 1.54) is 6.92 Å². The van der Waals surface area contributed by atoms with Crippen LogP contribution in [0.4, 0.5) is 0 Å². The van der Waals surface area contributed by atoms with Crippen LogP contribution in [-0.2, 0) is 11.3 Å². The van der Waals surface area contributed by atoms with Gasteiger partial charge in [0, 0.05) is 18.1 Å². The number of ether oxygens (including phenoxy) is 1. The molecule has 100 valence electrons. The van der Waals surface area contributed by atoms with Crippen LogP contribution in [0.1, 0.15) is 13.8 Å². The summed E-state index contributed by atoms with van der Waals surface area (Å²) in [5, 5.41) is 10.0. The van der Waals surface area contributed by atoms with Crippen LogP contribution in [0.15, 0.2) is 35.3 Å². The minimum absolute atomic E-state index is 0.103. The van der Waals surface area contributed by atoms with Crippen molar-refractivity contribution in [2.45, 2.75) is 26.5 Å². The first-order valence-electron chi connectivity index (χ1n) is 6.06. The van der Waals surface area contributed by atoms with Gasteiger partial charge in [-0.1, -0.05) is 6.07 Å². The van der Waals surface area contributed by atoms with Crippen LogP contribution in [0.25, 0.3) is 10.8 Å². The van der Waals surface area contributed by atoms with Crippen molar-refractivity contribution in [1.29, 1.82) is 0 Å². The first kappa shape index (κ1) is 13.1. The summed E-state index contributed by atoms with van der Waals surface area (Å²) in [6.45, 7) is 3.93. The maximum absolute atomic E-state index is 12.1. The summed E-state index contributed by atoms with van der Waals surface area (Å²) in [5.74, 6) is -0.633. The van der Waals surface area contributed by atoms with Gasteiger partial charge in [0.2, 0.25) is 0 Å². The minimum atomic E-state index is -1.04. The Bertz CT molecular complexity index is 675. The van der Waals surface area contributed by atoms with Gasteiger partial charge in [-0.15, -0.1) is 0 Å². The van der Waals surface area contributed by atoms with E-state index in [0.717, 1.165) is 0 Å². The Morgan fingerprint density at radius 1 is 1.37 bits per heavy atom. The highest BCUT2D eigenvalue weighted by molar-refractivity contribution is 5.87. The van der Waals surface area contributed by atoms with E-state index >= 15 is 0 Å². The lowest BCUT2D eigenvalue weighted by Crippen LogP contribution is -2.23. The number of carbonyl (C=O) groups is 1. The molecule has 2 rings (SSSR count). The van der Waals surface area contributed by atoms with E-state index in [1.54, 1.807) is 35.0 Å². The van der Waals surface area contributed by atoms with Crippen molar-refractivity contribution < 1.29 is 14.6 Å². The second-order valence-corrected chi connectivity index (χ2v) is 4.22. The molecule has 0 radical (unpaired) electrons. The molecule has 0 aliphatic carbocycles. The molecule has 0 fully saturated rings. The van der Waals surface area contributed by atoms with Gasteiger partial charge in [0.1, 0.15) is 5.75 Å². The van der Waals surface area contributed by atoms with Crippen LogP contribution < -0.4 is 10.3 Å². The molecule has 0 bridgehead atoms. The minimum Gasteiger partial charge on any atom is -0.479 e. The number of hydrogen-bond acceptors (Lipinski definition) is 3. The lowest BCUT2D eigenvalue weighted by molar-refractivity contribution is -0.144. The van der Waals surface area contributed by atoms with Crippen LogP contribution in [0.2, 0.25) is 0 Å². The maximum Gasteiger partial charge on any atom is 0.344 e. The van der Waals surface area contributed by atoms with E-state index in [-0.39, 0.29) is 5.56 Å². The first-order chi connectivity index (χ1) is 9.04. The zero-order chi connectivity index (χ0) is 14.0. The van der Waals surface area contributed by atoms with Crippen molar-refractivity contribution in [3.63, 3.8) is 0 Å². The number of hydrogen-bond donors (Lipinski definition) is 1. The van der Waals surface area contributed by atoms with Gasteiger partial charge in [0.05, 0.1) is 5.39 Å². The second kappa shape index (κ2) is 5.14. The fourth-order valence-corrected chi connectivity index (χ4v) is 1.88. The van der Waals surface area contributed by atoms with Crippen molar-refractivity contribution in [2.75, 3.05) is 0 Å². The average Bonchev–Trinajstić information content (AvgIpc) is 2.40. The van der Waals surface area contributed by atoms with Crippen LogP contribution >= 0.6 is 0 Å². The third-order valence-corrected chi connectivity index (χ3v) is 2.97. The van der Waals surface area contributed by atoms with Crippen molar-refractivity contribution in [1.82, 2.24) is 4.57 Å². The molecule has 5 nitrogen and oxygen atoms in total. The maximum atomic E-state index is 12.1. The van der Waals surface area contributed by atoms with E-state index in [0.29, 0.717) is 23.1 Å². The molecule has 1 N–H and O–H groups in total. The van der Waals surface area contributed by atoms with Gasteiger partial charge in [-0.3, -0.25) is 4.79 Å². The molecule has 0 aliphatic rings. The van der Waals surface area contributed by atoms with Crippen molar-refractivity contribution in [3.05, 3.63) is 40.8 Å². The molecule has 0 spiro atoms. The summed E-state index contributed by atoms with van der Waals surface area (Å²) in [4.78, 5) is 22.9. The lowest BCUT2D eigenvalue weighted by Gasteiger charge is -2.13. The summed E-state index contributed by atoms with van der Waals surface area (Å²) >= 11 is 0. The Labute approximate surface area is 110 Å². The van der Waals surface area contributed by atoms with Gasteiger partial charge in [0.15, 0.2) is 6.10 Å². The number of rotatable bonds is 4. The van der Waals surface area contributed by atoms with E-state index in [2.05, 4.69) is 0 Å². The standard InChI is InChI=1S/C14H15NO4/c1-3-15-8-7-10-11(13(15)16)5-4-6-12(10)19-9(2)14(17)18/h4-9H,3H2,1-2H3,(H,17,18). The second-order valence-electron chi connectivity index (χ2n) is 4.22. The number of aliphatic carboxylic acids is 1. The number of fused-ring (bicyclic) bond motifs is 1. The number of carboxylic acids is 1. The number of benzene rings is 1. The monoisotopic (exact) mass is 261 g/mol. The lowest BCUT2D eigenvalue weighted by atomic mass is 10.1. The van der Waals surface area contributed by atoms with Crippen LogP contribution in [0.5, 0.6) is 5.75 Å². The Morgan fingerprint density at radius 3 is 2.74 bits per heavy atom. The number of nitrogens with zero attached hydrogens (tertiary/aromatic N) is 1. The van der Waals surface area contributed by atoms with Gasteiger partial charge in [-0.05, 0) is 32.0 Å². The molecular formula is C14H15NO4. The molecular weight excluding hydrogens is 246 g/mol. The highest BCUT2D eigenvalue weighted by Gasteiger charge is 2.14. The molecule has 0 amide bonds. The highest BCUT2D eigenvalue weighted by Crippen LogP contribution is 2.24. The summed E-state index contributed by atoms with van der Waals surface area (Å²) in [5.41, 5.74) is -0.103. The molecule has 2 aromatic rings. The number of aryl methyl sites for hydroxylation is 1. The molecule has 1 aromatic carbocycles. The molecule has 1 heterocycles. The molecule has 19 heavy (non-hydrogen) atoms. The predicted octanol–water partition coefficient (Wildman–Crippen LogP) is 1.87. The third-order valence-electron chi connectivity index (χ3n) is 2.97. The van der Waals surface area contributed by atoms with Crippen molar-refractivity contribution in [3.8, 4) is 5.75 Å². The summed E-state index contributed by atoms with van der Waals surface area (Å²) in [6, 6.07) is 6.83. The number of carboxylic acid groups (broad SMARTS) is 1. The predicted molar refractivity (Wildman–Crippen MR) is 71.6 cm³/mol. The van der Waals surface area contributed by atoms with Gasteiger partial charge < -0.3 is 14.4 Å². The van der Waals surface area contributed by atoms with Crippen LogP contribution in [-0.4, -0.2) is 21.7 Å². The zero-order valence-corrected chi connectivity index (χ0v) is 10.8. The fraction of sp³-hybridized carbons (Fsp3) is 0.286. The normalized spacial score (nSPS) is 12.3. The Hall–Kier alpha value is -2.30. The first-order valence-corrected chi connectivity index (χ1v) is 6.06. The van der Waals surface area contributed by atoms with Crippen molar-refractivity contribution >= 4 is 16.7 Å². The molecule has 0 saturated heterocycles. The van der Waals surface area contributed by atoms with Gasteiger partial charge >= 0.3 is 5.97 Å². The van der Waals surface area contributed by atoms with E-state index < -0.39 is 12.1 Å². The summed E-state index contributed by atoms with van der Waals surface area (Å²) < 4.78 is 6.96. The van der Waals surface area contributed by atoms with E-state index in [4.69, 9.17) is 9.84 Å². The van der Waals surface area contributed by atoms with Gasteiger partial charge in [-0.2, -0.15) is 0 Å². The van der Waals surface area contributed by atoms with Crippen LogP contribution in [0.3, 0.4) is 0 Å². The van der Waals surface area contributed by atoms with Gasteiger partial charge in [0.25, 0.3) is 5.56 Å². The molecule has 1 aromatic heterocycles. The number of pyridine rings is 1. The quantitative estimate of drug-likeness (QED) is 0.912. The van der Waals surface area contributed by atoms with Crippen LogP contribution in [0, 0.1) is 0 Å². The largest absolute Gasteiger partial charge is 0.479 e. The highest BCUT2D eigenvalue weighted by atomic mass is 16.5. The van der Waals surface area contributed by atoms with Gasteiger partial charge in [-0.25, -0.2) is 4.79 Å². The Kier molecular flexibility index (Phi) is 3.55. The smallest absolute Gasteiger partial charge is 0.344 e. The average molecular weight is 261 g/mol. The molecule has 0 aliphatic heterocycles. The van der Waals surface area contributed by atoms with E-state index in [1.807, 2.05) is 6.92 Å². The molecule has 5 heteroatoms. The third kappa shape index (κ3) is 2.45. The Morgan fingerprint density at radius 2 is 2.11 bits per heavy atom.